The molecule has 72 valence electrons. The van der Waals surface area contributed by atoms with E-state index in [1.165, 1.54) is 0 Å². The first-order valence-electron chi connectivity index (χ1n) is 4.63. The van der Waals surface area contributed by atoms with E-state index in [0.29, 0.717) is 6.10 Å². The summed E-state index contributed by atoms with van der Waals surface area (Å²) in [4.78, 5) is 0. The summed E-state index contributed by atoms with van der Waals surface area (Å²) in [6.07, 6.45) is 4.08. The van der Waals surface area contributed by atoms with Crippen LogP contribution in [0.1, 0.15) is 19.0 Å². The van der Waals surface area contributed by atoms with Crippen LogP contribution in [0.5, 0.6) is 0 Å². The molecule has 0 N–H and O–H groups in total. The van der Waals surface area contributed by atoms with Gasteiger partial charge in [-0.1, -0.05) is 18.5 Å². The lowest BCUT2D eigenvalue weighted by Gasteiger charge is -2.04. The fraction of sp³-hybridized carbons (Fsp3) is 0.667. The van der Waals surface area contributed by atoms with E-state index in [-0.39, 0.29) is 0 Å². The quantitative estimate of drug-likeness (QED) is 0.695. The van der Waals surface area contributed by atoms with Crippen LogP contribution in [0.3, 0.4) is 0 Å². The number of ether oxygens (including phenoxy) is 1. The number of halogens is 1. The van der Waals surface area contributed by atoms with Crippen LogP contribution in [0.15, 0.2) is 6.20 Å². The van der Waals surface area contributed by atoms with E-state index in [1.54, 1.807) is 6.20 Å². The molecule has 0 aliphatic carbocycles. The number of hydrogen-bond donors (Lipinski definition) is 0. The average Bonchev–Trinajstić information content (AvgIpc) is 2.86. The van der Waals surface area contributed by atoms with Gasteiger partial charge in [-0.25, -0.2) is 0 Å². The summed E-state index contributed by atoms with van der Waals surface area (Å²) in [5.41, 5.74) is 1.12. The van der Waals surface area contributed by atoms with E-state index in [1.807, 2.05) is 4.68 Å². The van der Waals surface area contributed by atoms with Gasteiger partial charge >= 0.3 is 0 Å². The molecule has 1 unspecified atom stereocenters. The number of aryl methyl sites for hydroxylation is 1. The second kappa shape index (κ2) is 3.68. The SMILES string of the molecule is CCCn1ncc(Cl)c1CC1CO1. The Hall–Kier alpha value is -0.540. The van der Waals surface area contributed by atoms with Gasteiger partial charge in [-0.3, -0.25) is 4.68 Å². The highest BCUT2D eigenvalue weighted by molar-refractivity contribution is 6.31. The standard InChI is InChI=1S/C9H13ClN2O/c1-2-3-12-9(4-7-6-13-7)8(10)5-11-12/h5,7H,2-4,6H2,1H3. The van der Waals surface area contributed by atoms with Crippen molar-refractivity contribution in [1.29, 1.82) is 0 Å². The lowest BCUT2D eigenvalue weighted by Crippen LogP contribution is -2.07. The van der Waals surface area contributed by atoms with Crippen LogP contribution in [0.4, 0.5) is 0 Å². The summed E-state index contributed by atoms with van der Waals surface area (Å²) in [6.45, 7) is 3.94. The van der Waals surface area contributed by atoms with Gasteiger partial charge in [0.2, 0.25) is 0 Å². The van der Waals surface area contributed by atoms with E-state index < -0.39 is 0 Å². The van der Waals surface area contributed by atoms with Crippen LogP contribution in [0.25, 0.3) is 0 Å². The molecule has 3 nitrogen and oxygen atoms in total. The van der Waals surface area contributed by atoms with Crippen LogP contribution in [0.2, 0.25) is 5.02 Å². The highest BCUT2D eigenvalue weighted by Crippen LogP contribution is 2.22. The summed E-state index contributed by atoms with van der Waals surface area (Å²) in [5, 5.41) is 4.98. The molecular weight excluding hydrogens is 188 g/mol. The van der Waals surface area contributed by atoms with Gasteiger partial charge in [0.15, 0.2) is 0 Å². The number of nitrogens with zero attached hydrogens (tertiary/aromatic N) is 2. The van der Waals surface area contributed by atoms with Crippen LogP contribution >= 0.6 is 11.6 Å². The summed E-state index contributed by atoms with van der Waals surface area (Å²) in [6, 6.07) is 0. The zero-order valence-electron chi connectivity index (χ0n) is 7.66. The van der Waals surface area contributed by atoms with Gasteiger partial charge in [0.25, 0.3) is 0 Å². The van der Waals surface area contributed by atoms with Gasteiger partial charge in [0, 0.05) is 13.0 Å². The average molecular weight is 201 g/mol. The minimum atomic E-state index is 0.379. The second-order valence-electron chi connectivity index (χ2n) is 3.32. The van der Waals surface area contributed by atoms with Crippen molar-refractivity contribution in [2.45, 2.75) is 32.4 Å². The smallest absolute Gasteiger partial charge is 0.0865 e. The summed E-state index contributed by atoms with van der Waals surface area (Å²) < 4.78 is 7.15. The normalized spacial score (nSPS) is 20.6. The van der Waals surface area contributed by atoms with E-state index in [9.17, 15) is 0 Å². The van der Waals surface area contributed by atoms with Crippen molar-refractivity contribution in [3.63, 3.8) is 0 Å². The number of rotatable bonds is 4. The lowest BCUT2D eigenvalue weighted by atomic mass is 10.2. The largest absolute Gasteiger partial charge is 0.373 e. The van der Waals surface area contributed by atoms with Crippen LogP contribution in [0, 0.1) is 0 Å². The molecule has 2 rings (SSSR count). The minimum absolute atomic E-state index is 0.379. The highest BCUT2D eigenvalue weighted by Gasteiger charge is 2.25. The highest BCUT2D eigenvalue weighted by atomic mass is 35.5. The third kappa shape index (κ3) is 2.03. The van der Waals surface area contributed by atoms with Crippen LogP contribution in [-0.2, 0) is 17.7 Å². The number of hydrogen-bond acceptors (Lipinski definition) is 2. The molecule has 2 heterocycles. The molecule has 0 amide bonds. The number of epoxide rings is 1. The Balaban J connectivity index is 2.12. The van der Waals surface area contributed by atoms with E-state index in [0.717, 1.165) is 36.7 Å². The zero-order chi connectivity index (χ0) is 9.26. The van der Waals surface area contributed by atoms with Gasteiger partial charge in [0.1, 0.15) is 0 Å². The molecule has 0 saturated carbocycles. The van der Waals surface area contributed by atoms with Gasteiger partial charge in [-0.05, 0) is 6.42 Å². The molecule has 0 bridgehead atoms. The summed E-state index contributed by atoms with van der Waals surface area (Å²) >= 11 is 6.01. The van der Waals surface area contributed by atoms with Crippen LogP contribution in [-0.4, -0.2) is 22.5 Å². The van der Waals surface area contributed by atoms with Gasteiger partial charge in [0.05, 0.1) is 29.6 Å². The summed E-state index contributed by atoms with van der Waals surface area (Å²) in [5.74, 6) is 0. The first-order valence-corrected chi connectivity index (χ1v) is 5.01. The molecule has 0 radical (unpaired) electrons. The maximum absolute atomic E-state index is 6.01. The number of aromatic nitrogens is 2. The molecule has 1 fully saturated rings. The Labute approximate surface area is 82.6 Å². The molecule has 1 aromatic heterocycles. The molecular formula is C9H13ClN2O. The van der Waals surface area contributed by atoms with Crippen molar-refractivity contribution in [3.05, 3.63) is 16.9 Å². The van der Waals surface area contributed by atoms with Crippen molar-refractivity contribution < 1.29 is 4.74 Å². The lowest BCUT2D eigenvalue weighted by molar-refractivity contribution is 0.401. The van der Waals surface area contributed by atoms with E-state index in [4.69, 9.17) is 16.3 Å². The Bertz CT molecular complexity index is 294. The molecule has 1 aliphatic rings. The molecule has 0 spiro atoms. The maximum atomic E-state index is 6.01. The molecule has 0 aromatic carbocycles. The maximum Gasteiger partial charge on any atom is 0.0865 e. The van der Waals surface area contributed by atoms with Gasteiger partial charge < -0.3 is 4.74 Å². The van der Waals surface area contributed by atoms with Crippen molar-refractivity contribution in [2.75, 3.05) is 6.61 Å². The van der Waals surface area contributed by atoms with E-state index >= 15 is 0 Å². The second-order valence-corrected chi connectivity index (χ2v) is 3.73. The van der Waals surface area contributed by atoms with Crippen molar-refractivity contribution in [2.24, 2.45) is 0 Å². The fourth-order valence-corrected chi connectivity index (χ4v) is 1.62. The third-order valence-electron chi connectivity index (χ3n) is 2.16. The monoisotopic (exact) mass is 200 g/mol. The van der Waals surface area contributed by atoms with Gasteiger partial charge in [-0.15, -0.1) is 0 Å². The zero-order valence-corrected chi connectivity index (χ0v) is 8.42. The molecule has 13 heavy (non-hydrogen) atoms. The minimum Gasteiger partial charge on any atom is -0.373 e. The summed E-state index contributed by atoms with van der Waals surface area (Å²) in [7, 11) is 0. The molecule has 1 atom stereocenters. The van der Waals surface area contributed by atoms with Crippen LogP contribution < -0.4 is 0 Å². The third-order valence-corrected chi connectivity index (χ3v) is 2.47. The Kier molecular flexibility index (Phi) is 2.56. The first-order chi connectivity index (χ1) is 6.31. The van der Waals surface area contributed by atoms with E-state index in [2.05, 4.69) is 12.0 Å². The predicted octanol–water partition coefficient (Wildman–Crippen LogP) is 1.89. The molecule has 1 saturated heterocycles. The Morgan fingerprint density at radius 3 is 3.15 bits per heavy atom. The van der Waals surface area contributed by atoms with Crippen molar-refractivity contribution in [3.8, 4) is 0 Å². The predicted molar refractivity (Wildman–Crippen MR) is 51.0 cm³/mol. The first kappa shape index (κ1) is 9.03. The molecule has 4 heteroatoms. The topological polar surface area (TPSA) is 30.4 Å². The van der Waals surface area contributed by atoms with Gasteiger partial charge in [-0.2, -0.15) is 5.10 Å². The Morgan fingerprint density at radius 1 is 1.77 bits per heavy atom. The van der Waals surface area contributed by atoms with Crippen molar-refractivity contribution in [1.82, 2.24) is 9.78 Å². The Morgan fingerprint density at radius 2 is 2.54 bits per heavy atom. The molecule has 1 aromatic rings. The molecule has 1 aliphatic heterocycles. The van der Waals surface area contributed by atoms with Crippen molar-refractivity contribution >= 4 is 11.6 Å². The fourth-order valence-electron chi connectivity index (χ4n) is 1.40.